The van der Waals surface area contributed by atoms with Crippen LogP contribution in [0.2, 0.25) is 0 Å². The SMILES string of the molecule is CC(C)Cc1cc(C(=O)N2CCC[C@@H]2c2ccc(C(N)=O)s2)no1. The maximum atomic E-state index is 12.8. The Morgan fingerprint density at radius 3 is 2.92 bits per heavy atom. The van der Waals surface area contributed by atoms with E-state index in [1.165, 1.54) is 11.3 Å². The Kier molecular flexibility index (Phi) is 4.71. The third-order valence-electron chi connectivity index (χ3n) is 4.10. The van der Waals surface area contributed by atoms with Crippen molar-refractivity contribution < 1.29 is 14.1 Å². The summed E-state index contributed by atoms with van der Waals surface area (Å²) in [5, 5.41) is 3.94. The highest BCUT2D eigenvalue weighted by atomic mass is 32.1. The molecule has 0 aromatic carbocycles. The highest BCUT2D eigenvalue weighted by Crippen LogP contribution is 2.36. The van der Waals surface area contributed by atoms with Gasteiger partial charge in [0.25, 0.3) is 11.8 Å². The van der Waals surface area contributed by atoms with Crippen molar-refractivity contribution in [3.05, 3.63) is 39.4 Å². The van der Waals surface area contributed by atoms with Gasteiger partial charge in [0.05, 0.1) is 10.9 Å². The van der Waals surface area contributed by atoms with Gasteiger partial charge in [-0.15, -0.1) is 11.3 Å². The van der Waals surface area contributed by atoms with Gasteiger partial charge in [0, 0.05) is 23.9 Å². The summed E-state index contributed by atoms with van der Waals surface area (Å²) < 4.78 is 5.28. The number of nitrogens with zero attached hydrogens (tertiary/aromatic N) is 2. The second-order valence-electron chi connectivity index (χ2n) is 6.50. The molecular formula is C17H21N3O3S. The zero-order chi connectivity index (χ0) is 17.3. The number of primary amides is 1. The van der Waals surface area contributed by atoms with E-state index in [9.17, 15) is 9.59 Å². The van der Waals surface area contributed by atoms with Crippen LogP contribution in [0.4, 0.5) is 0 Å². The van der Waals surface area contributed by atoms with Crippen molar-refractivity contribution >= 4 is 23.2 Å². The van der Waals surface area contributed by atoms with Crippen LogP contribution < -0.4 is 5.73 Å². The van der Waals surface area contributed by atoms with Gasteiger partial charge in [0.1, 0.15) is 5.76 Å². The van der Waals surface area contributed by atoms with E-state index in [-0.39, 0.29) is 11.9 Å². The van der Waals surface area contributed by atoms with Crippen LogP contribution in [0.5, 0.6) is 0 Å². The van der Waals surface area contributed by atoms with Crippen molar-refractivity contribution in [3.63, 3.8) is 0 Å². The van der Waals surface area contributed by atoms with Crippen LogP contribution in [-0.2, 0) is 6.42 Å². The highest BCUT2D eigenvalue weighted by molar-refractivity contribution is 7.14. The molecule has 2 amide bonds. The summed E-state index contributed by atoms with van der Waals surface area (Å²) in [6.07, 6.45) is 2.56. The number of aromatic nitrogens is 1. The second-order valence-corrected chi connectivity index (χ2v) is 7.61. The van der Waals surface area contributed by atoms with Gasteiger partial charge in [-0.25, -0.2) is 0 Å². The normalized spacial score (nSPS) is 17.6. The molecule has 24 heavy (non-hydrogen) atoms. The van der Waals surface area contributed by atoms with Crippen LogP contribution in [0, 0.1) is 5.92 Å². The Bertz CT molecular complexity index is 750. The summed E-state index contributed by atoms with van der Waals surface area (Å²) in [7, 11) is 0. The number of hydrogen-bond donors (Lipinski definition) is 1. The minimum Gasteiger partial charge on any atom is -0.365 e. The van der Waals surface area contributed by atoms with E-state index in [1.807, 2.05) is 11.0 Å². The number of rotatable bonds is 5. The fraction of sp³-hybridized carbons (Fsp3) is 0.471. The number of nitrogens with two attached hydrogens (primary N) is 1. The third-order valence-corrected chi connectivity index (χ3v) is 5.30. The van der Waals surface area contributed by atoms with Crippen LogP contribution >= 0.6 is 11.3 Å². The number of likely N-dealkylation sites (tertiary alicyclic amines) is 1. The lowest BCUT2D eigenvalue weighted by molar-refractivity contribution is 0.0727. The molecule has 0 saturated carbocycles. The van der Waals surface area contributed by atoms with Crippen molar-refractivity contribution in [1.82, 2.24) is 10.1 Å². The van der Waals surface area contributed by atoms with E-state index >= 15 is 0 Å². The van der Waals surface area contributed by atoms with Crippen LogP contribution in [0.15, 0.2) is 22.7 Å². The van der Waals surface area contributed by atoms with Gasteiger partial charge >= 0.3 is 0 Å². The second kappa shape index (κ2) is 6.76. The lowest BCUT2D eigenvalue weighted by atomic mass is 10.1. The lowest BCUT2D eigenvalue weighted by Crippen LogP contribution is -2.30. The van der Waals surface area contributed by atoms with Gasteiger partial charge in [-0.05, 0) is 30.9 Å². The van der Waals surface area contributed by atoms with Crippen molar-refractivity contribution in [1.29, 1.82) is 0 Å². The predicted molar refractivity (Wildman–Crippen MR) is 90.9 cm³/mol. The molecule has 0 bridgehead atoms. The minimum absolute atomic E-state index is 0.0270. The van der Waals surface area contributed by atoms with Crippen LogP contribution in [0.25, 0.3) is 0 Å². The zero-order valence-electron chi connectivity index (χ0n) is 13.8. The van der Waals surface area contributed by atoms with Crippen molar-refractivity contribution in [2.45, 2.75) is 39.2 Å². The molecule has 3 heterocycles. The smallest absolute Gasteiger partial charge is 0.276 e. The minimum atomic E-state index is -0.433. The summed E-state index contributed by atoms with van der Waals surface area (Å²) in [6.45, 7) is 4.86. The Morgan fingerprint density at radius 1 is 1.46 bits per heavy atom. The van der Waals surface area contributed by atoms with Crippen molar-refractivity contribution in [3.8, 4) is 0 Å². The predicted octanol–water partition coefficient (Wildman–Crippen LogP) is 3.01. The van der Waals surface area contributed by atoms with E-state index < -0.39 is 5.91 Å². The molecule has 1 aliphatic rings. The van der Waals surface area contributed by atoms with E-state index in [0.717, 1.165) is 29.9 Å². The molecule has 2 N–H and O–H groups in total. The zero-order valence-corrected chi connectivity index (χ0v) is 14.6. The first-order valence-corrected chi connectivity index (χ1v) is 8.93. The van der Waals surface area contributed by atoms with Crippen molar-refractivity contribution in [2.24, 2.45) is 11.7 Å². The van der Waals surface area contributed by atoms with Crippen LogP contribution in [0.3, 0.4) is 0 Å². The molecule has 6 nitrogen and oxygen atoms in total. The first-order chi connectivity index (χ1) is 11.5. The number of hydrogen-bond acceptors (Lipinski definition) is 5. The van der Waals surface area contributed by atoms with Gasteiger partial charge in [0.15, 0.2) is 5.69 Å². The van der Waals surface area contributed by atoms with Crippen LogP contribution in [-0.4, -0.2) is 28.4 Å². The fourth-order valence-electron chi connectivity index (χ4n) is 3.03. The molecule has 2 aromatic heterocycles. The highest BCUT2D eigenvalue weighted by Gasteiger charge is 2.33. The molecule has 128 valence electrons. The Hall–Kier alpha value is -2.15. The quantitative estimate of drug-likeness (QED) is 0.900. The average molecular weight is 347 g/mol. The molecule has 2 aromatic rings. The monoisotopic (exact) mass is 347 g/mol. The maximum absolute atomic E-state index is 12.8. The van der Waals surface area contributed by atoms with Gasteiger partial charge in [-0.3, -0.25) is 9.59 Å². The van der Waals surface area contributed by atoms with E-state index in [0.29, 0.717) is 23.0 Å². The number of carbonyl (C=O) groups excluding carboxylic acids is 2. The summed E-state index contributed by atoms with van der Waals surface area (Å²) in [5.74, 6) is 0.622. The standard InChI is InChI=1S/C17H21N3O3S/c1-10(2)8-11-9-12(19-23-11)17(22)20-7-3-4-13(20)14-5-6-15(24-14)16(18)21/h5-6,9-10,13H,3-4,7-8H2,1-2H3,(H2,18,21)/t13-/m1/s1. The molecule has 1 saturated heterocycles. The topological polar surface area (TPSA) is 89.4 Å². The summed E-state index contributed by atoms with van der Waals surface area (Å²) in [5.41, 5.74) is 5.67. The average Bonchev–Trinajstić information content (AvgIpc) is 3.25. The first kappa shape index (κ1) is 16.7. The Balaban J connectivity index is 1.78. The van der Waals surface area contributed by atoms with E-state index in [4.69, 9.17) is 10.3 Å². The Labute approximate surface area is 144 Å². The maximum Gasteiger partial charge on any atom is 0.276 e. The molecule has 0 radical (unpaired) electrons. The largest absolute Gasteiger partial charge is 0.365 e. The first-order valence-electron chi connectivity index (χ1n) is 8.11. The van der Waals surface area contributed by atoms with E-state index in [2.05, 4.69) is 19.0 Å². The molecule has 1 atom stereocenters. The van der Waals surface area contributed by atoms with Crippen LogP contribution in [0.1, 0.15) is 63.5 Å². The molecule has 7 heteroatoms. The number of carbonyl (C=O) groups is 2. The summed E-state index contributed by atoms with van der Waals surface area (Å²) >= 11 is 1.36. The molecule has 1 aliphatic heterocycles. The third kappa shape index (κ3) is 3.36. The summed E-state index contributed by atoms with van der Waals surface area (Å²) in [6, 6.07) is 5.32. The summed E-state index contributed by atoms with van der Waals surface area (Å²) in [4.78, 5) is 27.4. The number of thiophene rings is 1. The molecule has 1 fully saturated rings. The van der Waals surface area contributed by atoms with Gasteiger partial charge in [0.2, 0.25) is 0 Å². The molecular weight excluding hydrogens is 326 g/mol. The van der Waals surface area contributed by atoms with Gasteiger partial charge < -0.3 is 15.2 Å². The lowest BCUT2D eigenvalue weighted by Gasteiger charge is -2.22. The molecule has 0 unspecified atom stereocenters. The van der Waals surface area contributed by atoms with Gasteiger partial charge in [-0.1, -0.05) is 19.0 Å². The molecule has 3 rings (SSSR count). The fourth-order valence-corrected chi connectivity index (χ4v) is 4.04. The molecule has 0 aliphatic carbocycles. The van der Waals surface area contributed by atoms with Crippen molar-refractivity contribution in [2.75, 3.05) is 6.54 Å². The Morgan fingerprint density at radius 2 is 2.25 bits per heavy atom. The number of amides is 2. The van der Waals surface area contributed by atoms with E-state index in [1.54, 1.807) is 12.1 Å². The van der Waals surface area contributed by atoms with Gasteiger partial charge in [-0.2, -0.15) is 0 Å². The molecule has 0 spiro atoms.